The number of nitrogens with one attached hydrogen (secondary N) is 1. The molecular weight excluding hydrogens is 282 g/mol. The summed E-state index contributed by atoms with van der Waals surface area (Å²) in [6.45, 7) is 5.97. The number of benzene rings is 1. The molecular formula is C13H20ClN3OS. The third kappa shape index (κ3) is 4.93. The van der Waals surface area contributed by atoms with Crippen molar-refractivity contribution < 1.29 is 5.21 Å². The summed E-state index contributed by atoms with van der Waals surface area (Å²) in [5, 5.41) is 15.6. The average Bonchev–Trinajstić information content (AvgIpc) is 2.39. The number of halogens is 1. The molecule has 0 spiro atoms. The third-order valence-corrected chi connectivity index (χ3v) is 4.48. The molecule has 0 saturated carbocycles. The summed E-state index contributed by atoms with van der Waals surface area (Å²) in [5.41, 5.74) is 7.12. The molecule has 0 aliphatic heterocycles. The highest BCUT2D eigenvalue weighted by Gasteiger charge is 2.15. The molecule has 0 radical (unpaired) electrons. The van der Waals surface area contributed by atoms with Gasteiger partial charge < -0.3 is 16.3 Å². The zero-order valence-corrected chi connectivity index (χ0v) is 13.0. The Labute approximate surface area is 123 Å². The van der Waals surface area contributed by atoms with E-state index in [9.17, 15) is 0 Å². The molecule has 0 saturated heterocycles. The van der Waals surface area contributed by atoms with Crippen LogP contribution in [-0.2, 0) is 6.54 Å². The van der Waals surface area contributed by atoms with E-state index in [1.54, 1.807) is 12.1 Å². The molecule has 0 amide bonds. The average molecular weight is 302 g/mol. The molecule has 106 valence electrons. The number of amidine groups is 1. The van der Waals surface area contributed by atoms with Crippen LogP contribution in [0.15, 0.2) is 23.4 Å². The Morgan fingerprint density at radius 1 is 1.53 bits per heavy atom. The first-order chi connectivity index (χ1) is 8.89. The van der Waals surface area contributed by atoms with Crippen LogP contribution < -0.4 is 11.1 Å². The van der Waals surface area contributed by atoms with Crippen LogP contribution in [0.1, 0.15) is 25.0 Å². The topological polar surface area (TPSA) is 70.6 Å². The first kappa shape index (κ1) is 16.1. The van der Waals surface area contributed by atoms with Gasteiger partial charge in [-0.2, -0.15) is 11.8 Å². The van der Waals surface area contributed by atoms with Crippen molar-refractivity contribution in [2.75, 3.05) is 12.8 Å². The highest BCUT2D eigenvalue weighted by Crippen LogP contribution is 2.21. The molecule has 4 nitrogen and oxygen atoms in total. The molecule has 4 N–H and O–H groups in total. The summed E-state index contributed by atoms with van der Waals surface area (Å²) in [7, 11) is 0. The van der Waals surface area contributed by atoms with E-state index in [4.69, 9.17) is 22.5 Å². The van der Waals surface area contributed by atoms with Crippen LogP contribution in [0, 0.1) is 0 Å². The van der Waals surface area contributed by atoms with Gasteiger partial charge in [-0.1, -0.05) is 28.9 Å². The SMILES string of the molecule is CSC(C)(C)CNCc1ccc(/C(N)=N/O)cc1Cl. The molecule has 0 heterocycles. The van der Waals surface area contributed by atoms with Gasteiger partial charge in [-0.25, -0.2) is 0 Å². The summed E-state index contributed by atoms with van der Waals surface area (Å²) in [5.74, 6) is 0.0601. The molecule has 19 heavy (non-hydrogen) atoms. The largest absolute Gasteiger partial charge is 0.409 e. The van der Waals surface area contributed by atoms with E-state index in [-0.39, 0.29) is 10.6 Å². The van der Waals surface area contributed by atoms with Crippen molar-refractivity contribution in [3.05, 3.63) is 34.3 Å². The van der Waals surface area contributed by atoms with E-state index in [1.807, 2.05) is 17.8 Å². The van der Waals surface area contributed by atoms with Crippen molar-refractivity contribution in [2.24, 2.45) is 10.9 Å². The predicted octanol–water partition coefficient (Wildman–Crippen LogP) is 2.67. The fraction of sp³-hybridized carbons (Fsp3) is 0.462. The van der Waals surface area contributed by atoms with Gasteiger partial charge in [-0.3, -0.25) is 0 Å². The summed E-state index contributed by atoms with van der Waals surface area (Å²) in [6, 6.07) is 5.37. The maximum atomic E-state index is 8.61. The molecule has 0 fully saturated rings. The normalized spacial score (nSPS) is 12.7. The van der Waals surface area contributed by atoms with Gasteiger partial charge in [-0.15, -0.1) is 0 Å². The van der Waals surface area contributed by atoms with Crippen LogP contribution in [0.5, 0.6) is 0 Å². The first-order valence-corrected chi connectivity index (χ1v) is 7.52. The Hall–Kier alpha value is -0.910. The van der Waals surface area contributed by atoms with Gasteiger partial charge in [0, 0.05) is 28.4 Å². The highest BCUT2D eigenvalue weighted by molar-refractivity contribution is 7.99. The molecule has 1 aromatic carbocycles. The molecule has 0 aromatic heterocycles. The second-order valence-electron chi connectivity index (χ2n) is 4.86. The van der Waals surface area contributed by atoms with Gasteiger partial charge in [0.1, 0.15) is 0 Å². The van der Waals surface area contributed by atoms with Gasteiger partial charge in [0.25, 0.3) is 0 Å². The number of rotatable bonds is 6. The van der Waals surface area contributed by atoms with Crippen molar-refractivity contribution in [1.29, 1.82) is 0 Å². The van der Waals surface area contributed by atoms with E-state index >= 15 is 0 Å². The van der Waals surface area contributed by atoms with Gasteiger partial charge in [-0.05, 0) is 31.7 Å². The van der Waals surface area contributed by atoms with Crippen molar-refractivity contribution in [1.82, 2.24) is 5.32 Å². The molecule has 0 aliphatic rings. The second-order valence-corrected chi connectivity index (χ2v) is 6.78. The number of thioether (sulfide) groups is 1. The van der Waals surface area contributed by atoms with Gasteiger partial charge in [0.15, 0.2) is 5.84 Å². The van der Waals surface area contributed by atoms with E-state index in [0.717, 1.165) is 12.1 Å². The summed E-state index contributed by atoms with van der Waals surface area (Å²) < 4.78 is 0.195. The monoisotopic (exact) mass is 301 g/mol. The maximum absolute atomic E-state index is 8.61. The zero-order valence-electron chi connectivity index (χ0n) is 11.4. The summed E-state index contributed by atoms with van der Waals surface area (Å²) in [4.78, 5) is 0. The molecule has 1 rings (SSSR count). The second kappa shape index (κ2) is 7.03. The first-order valence-electron chi connectivity index (χ1n) is 5.92. The minimum Gasteiger partial charge on any atom is -0.409 e. The lowest BCUT2D eigenvalue weighted by atomic mass is 10.1. The summed E-state index contributed by atoms with van der Waals surface area (Å²) in [6.07, 6.45) is 2.10. The lowest BCUT2D eigenvalue weighted by molar-refractivity contribution is 0.318. The zero-order chi connectivity index (χ0) is 14.5. The fourth-order valence-electron chi connectivity index (χ4n) is 1.48. The highest BCUT2D eigenvalue weighted by atomic mass is 35.5. The van der Waals surface area contributed by atoms with Crippen LogP contribution in [-0.4, -0.2) is 28.6 Å². The molecule has 0 atom stereocenters. The van der Waals surface area contributed by atoms with Gasteiger partial charge in [0.2, 0.25) is 0 Å². The van der Waals surface area contributed by atoms with Crippen LogP contribution >= 0.6 is 23.4 Å². The van der Waals surface area contributed by atoms with Crippen molar-refractivity contribution in [2.45, 2.75) is 25.1 Å². The summed E-state index contributed by atoms with van der Waals surface area (Å²) >= 11 is 8.00. The number of hydrogen-bond donors (Lipinski definition) is 3. The van der Waals surface area contributed by atoms with Crippen LogP contribution in [0.2, 0.25) is 5.02 Å². The minimum absolute atomic E-state index is 0.0601. The van der Waals surface area contributed by atoms with Crippen LogP contribution in [0.25, 0.3) is 0 Å². The smallest absolute Gasteiger partial charge is 0.170 e. The van der Waals surface area contributed by atoms with Crippen molar-refractivity contribution >= 4 is 29.2 Å². The third-order valence-electron chi connectivity index (χ3n) is 2.88. The molecule has 0 unspecified atom stereocenters. The van der Waals surface area contributed by atoms with Crippen molar-refractivity contribution in [3.8, 4) is 0 Å². The van der Waals surface area contributed by atoms with E-state index in [1.165, 1.54) is 0 Å². The Morgan fingerprint density at radius 2 is 2.21 bits per heavy atom. The lowest BCUT2D eigenvalue weighted by Crippen LogP contribution is -2.31. The van der Waals surface area contributed by atoms with Crippen LogP contribution in [0.4, 0.5) is 0 Å². The van der Waals surface area contributed by atoms with Crippen molar-refractivity contribution in [3.63, 3.8) is 0 Å². The van der Waals surface area contributed by atoms with E-state index in [2.05, 4.69) is 30.6 Å². The quantitative estimate of drug-likeness (QED) is 0.327. The lowest BCUT2D eigenvalue weighted by Gasteiger charge is -2.22. The molecule has 0 aliphatic carbocycles. The van der Waals surface area contributed by atoms with Crippen LogP contribution in [0.3, 0.4) is 0 Å². The number of nitrogens with zero attached hydrogens (tertiary/aromatic N) is 1. The molecule has 1 aromatic rings. The minimum atomic E-state index is 0.0601. The Balaban J connectivity index is 2.66. The predicted molar refractivity (Wildman–Crippen MR) is 83.3 cm³/mol. The standard InChI is InChI=1S/C13H20ClN3OS/c1-13(2,19-3)8-16-7-10-5-4-9(6-11(10)14)12(15)17-18/h4-6,16,18H,7-8H2,1-3H3,(H2,15,17). The number of hydrogen-bond acceptors (Lipinski definition) is 4. The van der Waals surface area contributed by atoms with Gasteiger partial charge in [0.05, 0.1) is 0 Å². The Kier molecular flexibility index (Phi) is 5.97. The number of oxime groups is 1. The van der Waals surface area contributed by atoms with E-state index in [0.29, 0.717) is 17.1 Å². The number of nitrogens with two attached hydrogens (primary N) is 1. The van der Waals surface area contributed by atoms with E-state index < -0.39 is 0 Å². The molecule has 0 bridgehead atoms. The van der Waals surface area contributed by atoms with Gasteiger partial charge >= 0.3 is 0 Å². The Bertz CT molecular complexity index is 463. The Morgan fingerprint density at radius 3 is 2.74 bits per heavy atom. The maximum Gasteiger partial charge on any atom is 0.170 e. The fourth-order valence-corrected chi connectivity index (χ4v) is 1.97. The molecule has 6 heteroatoms.